The Morgan fingerprint density at radius 1 is 0.750 bits per heavy atom. The first-order chi connectivity index (χ1) is 9.77. The fourth-order valence-corrected chi connectivity index (χ4v) is 4.26. The van der Waals surface area contributed by atoms with Crippen LogP contribution in [0, 0.1) is 0 Å². The first-order valence-electron chi connectivity index (χ1n) is 8.57. The predicted molar refractivity (Wildman–Crippen MR) is 88.7 cm³/mol. The summed E-state index contributed by atoms with van der Waals surface area (Å²) in [6, 6.07) is 0. The topological polar surface area (TPSA) is 37.3 Å². The minimum absolute atomic E-state index is 0.373. The molecule has 0 aliphatic heterocycles. The zero-order valence-electron chi connectivity index (χ0n) is 13.4. The van der Waals surface area contributed by atoms with E-state index in [-0.39, 0.29) is 0 Å². The Balaban J connectivity index is 2.94. The van der Waals surface area contributed by atoms with Crippen LogP contribution in [0.1, 0.15) is 90.4 Å². The molecule has 0 aliphatic carbocycles. The molecule has 0 amide bonds. The van der Waals surface area contributed by atoms with Crippen molar-refractivity contribution in [2.75, 3.05) is 0 Å². The number of hydrogen-bond donors (Lipinski definition) is 1. The van der Waals surface area contributed by atoms with E-state index in [1.54, 1.807) is 0 Å². The van der Waals surface area contributed by atoms with Crippen LogP contribution in [0.3, 0.4) is 0 Å². The molecular weight excluding hydrogens is 315 g/mol. The van der Waals surface area contributed by atoms with E-state index in [1.807, 2.05) is 0 Å². The van der Waals surface area contributed by atoms with Crippen LogP contribution in [-0.4, -0.2) is 26.0 Å². The van der Waals surface area contributed by atoms with Crippen molar-refractivity contribution >= 4 is 20.9 Å². The minimum atomic E-state index is -0.637. The monoisotopic (exact) mass is 350 g/mol. The van der Waals surface area contributed by atoms with Crippen LogP contribution in [0.15, 0.2) is 0 Å². The Morgan fingerprint density at radius 3 is 1.65 bits per heavy atom. The fourth-order valence-electron chi connectivity index (χ4n) is 2.31. The van der Waals surface area contributed by atoms with E-state index in [9.17, 15) is 4.79 Å². The van der Waals surface area contributed by atoms with Crippen molar-refractivity contribution in [1.29, 1.82) is 0 Å². The van der Waals surface area contributed by atoms with E-state index < -0.39 is 5.97 Å². The summed E-state index contributed by atoms with van der Waals surface area (Å²) in [5.74, 6) is -0.637. The van der Waals surface area contributed by atoms with E-state index in [0.717, 1.165) is 5.32 Å². The number of carbonyl (C=O) groups is 1. The van der Waals surface area contributed by atoms with Crippen molar-refractivity contribution in [2.45, 2.75) is 101 Å². The maximum absolute atomic E-state index is 10.3. The molecule has 0 heterocycles. The van der Waals surface area contributed by atoms with Gasteiger partial charge in [-0.25, -0.2) is 0 Å². The predicted octanol–water partition coefficient (Wildman–Crippen LogP) is 5.70. The maximum atomic E-state index is 10.3. The first kappa shape index (κ1) is 20.0. The van der Waals surface area contributed by atoms with Crippen molar-refractivity contribution < 1.29 is 9.90 Å². The SMILES string of the molecule is CCCCCCCCCCCCCC[Se]CCC(=O)O. The van der Waals surface area contributed by atoms with Gasteiger partial charge in [0.05, 0.1) is 0 Å². The molecule has 0 radical (unpaired) electrons. The Kier molecular flexibility index (Phi) is 17.0. The second-order valence-corrected chi connectivity index (χ2v) is 8.21. The van der Waals surface area contributed by atoms with Crippen LogP contribution >= 0.6 is 0 Å². The van der Waals surface area contributed by atoms with E-state index >= 15 is 0 Å². The van der Waals surface area contributed by atoms with Crippen LogP contribution < -0.4 is 0 Å². The zero-order chi connectivity index (χ0) is 14.9. The molecule has 0 spiro atoms. The Hall–Kier alpha value is -0.0105. The summed E-state index contributed by atoms with van der Waals surface area (Å²) in [4.78, 5) is 10.3. The van der Waals surface area contributed by atoms with Gasteiger partial charge in [-0.2, -0.15) is 0 Å². The first-order valence-corrected chi connectivity index (χ1v) is 11.0. The number of carboxylic acids is 1. The number of unbranched alkanes of at least 4 members (excludes halogenated alkanes) is 11. The van der Waals surface area contributed by atoms with Gasteiger partial charge in [-0.3, -0.25) is 0 Å². The average molecular weight is 349 g/mol. The molecule has 2 nitrogen and oxygen atoms in total. The van der Waals surface area contributed by atoms with Crippen LogP contribution in [-0.2, 0) is 4.79 Å². The standard InChI is InChI=1S/C17H34O2Se/c1-2-3-4-5-6-7-8-9-10-11-12-13-15-20-16-14-17(18)19/h2-16H2,1H3,(H,18,19). The van der Waals surface area contributed by atoms with E-state index in [1.165, 1.54) is 82.4 Å². The third-order valence-corrected chi connectivity index (χ3v) is 5.85. The number of hydrogen-bond acceptors (Lipinski definition) is 1. The summed E-state index contributed by atoms with van der Waals surface area (Å²) in [6.07, 6.45) is 17.2. The van der Waals surface area contributed by atoms with Crippen LogP contribution in [0.25, 0.3) is 0 Å². The molecule has 0 unspecified atom stereocenters. The van der Waals surface area contributed by atoms with Crippen molar-refractivity contribution in [3.8, 4) is 0 Å². The molecule has 0 atom stereocenters. The third kappa shape index (κ3) is 18.0. The van der Waals surface area contributed by atoms with Gasteiger partial charge in [0.1, 0.15) is 0 Å². The summed E-state index contributed by atoms with van der Waals surface area (Å²) in [5.41, 5.74) is 0. The Bertz CT molecular complexity index is 207. The van der Waals surface area contributed by atoms with Gasteiger partial charge >= 0.3 is 119 Å². The molecule has 20 heavy (non-hydrogen) atoms. The van der Waals surface area contributed by atoms with Crippen molar-refractivity contribution in [2.24, 2.45) is 0 Å². The van der Waals surface area contributed by atoms with E-state index in [2.05, 4.69) is 6.92 Å². The zero-order valence-corrected chi connectivity index (χ0v) is 15.1. The van der Waals surface area contributed by atoms with Gasteiger partial charge in [-0.1, -0.05) is 13.3 Å². The van der Waals surface area contributed by atoms with Crippen LogP contribution in [0.2, 0.25) is 10.6 Å². The molecule has 0 aromatic rings. The summed E-state index contributed by atoms with van der Waals surface area (Å²) in [7, 11) is 0. The van der Waals surface area contributed by atoms with Gasteiger partial charge in [-0.05, 0) is 0 Å². The molecule has 120 valence electrons. The molecule has 0 fully saturated rings. The second kappa shape index (κ2) is 17.0. The van der Waals surface area contributed by atoms with Gasteiger partial charge in [-0.15, -0.1) is 0 Å². The average Bonchev–Trinajstić information content (AvgIpc) is 2.43. The number of rotatable bonds is 16. The molecule has 0 rings (SSSR count). The molecule has 0 saturated carbocycles. The van der Waals surface area contributed by atoms with Gasteiger partial charge < -0.3 is 0 Å². The van der Waals surface area contributed by atoms with Crippen molar-refractivity contribution in [3.63, 3.8) is 0 Å². The summed E-state index contributed by atoms with van der Waals surface area (Å²) in [6.45, 7) is 2.27. The quantitative estimate of drug-likeness (QED) is 0.286. The molecule has 3 heteroatoms. The van der Waals surface area contributed by atoms with E-state index in [0.29, 0.717) is 21.4 Å². The van der Waals surface area contributed by atoms with Crippen LogP contribution in [0.5, 0.6) is 0 Å². The molecule has 1 N–H and O–H groups in total. The van der Waals surface area contributed by atoms with Crippen molar-refractivity contribution in [3.05, 3.63) is 0 Å². The van der Waals surface area contributed by atoms with Gasteiger partial charge in [0.2, 0.25) is 0 Å². The molecule has 0 bridgehead atoms. The second-order valence-electron chi connectivity index (χ2n) is 5.65. The molecule has 0 aromatic carbocycles. The number of carboxylic acid groups (broad SMARTS) is 1. The Labute approximate surface area is 132 Å². The molecule has 0 aromatic heterocycles. The molecule has 0 saturated heterocycles. The van der Waals surface area contributed by atoms with Gasteiger partial charge in [0.15, 0.2) is 0 Å². The fraction of sp³-hybridized carbons (Fsp3) is 0.941. The van der Waals surface area contributed by atoms with E-state index in [4.69, 9.17) is 5.11 Å². The van der Waals surface area contributed by atoms with Crippen LogP contribution in [0.4, 0.5) is 0 Å². The molecule has 0 aliphatic rings. The number of aliphatic carboxylic acids is 1. The summed E-state index contributed by atoms with van der Waals surface area (Å²) < 4.78 is 0. The van der Waals surface area contributed by atoms with Gasteiger partial charge in [0, 0.05) is 0 Å². The summed E-state index contributed by atoms with van der Waals surface area (Å²) >= 11 is 0.566. The van der Waals surface area contributed by atoms with Crippen molar-refractivity contribution in [1.82, 2.24) is 0 Å². The summed E-state index contributed by atoms with van der Waals surface area (Å²) in [5, 5.41) is 10.7. The Morgan fingerprint density at radius 2 is 1.20 bits per heavy atom. The van der Waals surface area contributed by atoms with Gasteiger partial charge in [0.25, 0.3) is 0 Å². The third-order valence-electron chi connectivity index (χ3n) is 3.60. The molecular formula is C17H34O2Se. The normalized spacial score (nSPS) is 10.8.